The van der Waals surface area contributed by atoms with Crippen molar-refractivity contribution in [1.29, 1.82) is 0 Å². The molecular weight excluding hydrogens is 573 g/mol. The van der Waals surface area contributed by atoms with Crippen molar-refractivity contribution in [2.45, 2.75) is 164 Å². The SMILES string of the molecule is CC(C)C1CC(OC(C)(F)F)C1.CC(C)C1CC(OC(F)(F)F)C1.CC(C)C1CC1.CC(C)C1CCC(C(C)(F)F)CC1. The second-order valence-electron chi connectivity index (χ2n) is 15.1. The summed E-state index contributed by atoms with van der Waals surface area (Å²) >= 11 is 0. The molecule has 43 heavy (non-hydrogen) atoms. The van der Waals surface area contributed by atoms with Gasteiger partial charge in [0.2, 0.25) is 5.92 Å². The van der Waals surface area contributed by atoms with Crippen LogP contribution in [0.1, 0.15) is 133 Å². The monoisotopic (exact) mass is 634 g/mol. The highest BCUT2D eigenvalue weighted by Crippen LogP contribution is 2.41. The summed E-state index contributed by atoms with van der Waals surface area (Å²) in [7, 11) is 0. The van der Waals surface area contributed by atoms with Crippen molar-refractivity contribution in [3.8, 4) is 0 Å². The Hall–Kier alpha value is -0.570. The first-order chi connectivity index (χ1) is 19.5. The normalized spacial score (nSPS) is 29.5. The van der Waals surface area contributed by atoms with Gasteiger partial charge < -0.3 is 4.74 Å². The molecule has 0 unspecified atom stereocenters. The molecule has 4 saturated carbocycles. The number of rotatable bonds is 8. The van der Waals surface area contributed by atoms with Crippen LogP contribution in [-0.4, -0.2) is 30.6 Å². The van der Waals surface area contributed by atoms with Crippen LogP contribution in [0.2, 0.25) is 0 Å². The summed E-state index contributed by atoms with van der Waals surface area (Å²) in [5.74, 6) is 2.65. The summed E-state index contributed by atoms with van der Waals surface area (Å²) in [4.78, 5) is 0. The van der Waals surface area contributed by atoms with Crippen molar-refractivity contribution in [3.05, 3.63) is 0 Å². The lowest BCUT2D eigenvalue weighted by molar-refractivity contribution is -0.355. The molecule has 4 rings (SSSR count). The van der Waals surface area contributed by atoms with Crippen molar-refractivity contribution in [3.63, 3.8) is 0 Å². The van der Waals surface area contributed by atoms with Gasteiger partial charge in [0.1, 0.15) is 0 Å². The van der Waals surface area contributed by atoms with Gasteiger partial charge in [-0.25, -0.2) is 8.78 Å². The van der Waals surface area contributed by atoms with E-state index in [1.165, 1.54) is 12.8 Å². The molecule has 0 N–H and O–H groups in total. The molecule has 4 aliphatic carbocycles. The van der Waals surface area contributed by atoms with E-state index in [0.717, 1.165) is 51.4 Å². The van der Waals surface area contributed by atoms with Crippen LogP contribution in [-0.2, 0) is 9.47 Å². The zero-order valence-electron chi connectivity index (χ0n) is 28.4. The molecule has 0 spiro atoms. The highest BCUT2D eigenvalue weighted by molar-refractivity contribution is 4.83. The molecule has 258 valence electrons. The summed E-state index contributed by atoms with van der Waals surface area (Å²) in [5, 5.41) is 0. The predicted octanol–water partition coefficient (Wildman–Crippen LogP) is 12.2. The molecule has 4 aliphatic rings. The van der Waals surface area contributed by atoms with Gasteiger partial charge >= 0.3 is 12.5 Å². The number of halogens is 7. The van der Waals surface area contributed by atoms with E-state index in [0.29, 0.717) is 61.2 Å². The van der Waals surface area contributed by atoms with Gasteiger partial charge in [-0.3, -0.25) is 4.74 Å². The second-order valence-corrected chi connectivity index (χ2v) is 15.1. The van der Waals surface area contributed by atoms with Crippen LogP contribution in [0.4, 0.5) is 30.7 Å². The van der Waals surface area contributed by atoms with Crippen molar-refractivity contribution < 1.29 is 40.2 Å². The number of ether oxygens (including phenoxy) is 2. The average molecular weight is 635 g/mol. The molecule has 0 saturated heterocycles. The van der Waals surface area contributed by atoms with Gasteiger partial charge in [-0.15, -0.1) is 13.2 Å². The maximum absolute atomic E-state index is 12.9. The van der Waals surface area contributed by atoms with Gasteiger partial charge in [0.15, 0.2) is 0 Å². The van der Waals surface area contributed by atoms with E-state index in [4.69, 9.17) is 0 Å². The Labute approximate surface area is 257 Å². The maximum atomic E-state index is 12.9. The van der Waals surface area contributed by atoms with E-state index in [9.17, 15) is 30.7 Å². The first-order valence-electron chi connectivity index (χ1n) is 16.7. The molecule has 0 radical (unpaired) electrons. The first-order valence-corrected chi connectivity index (χ1v) is 16.7. The van der Waals surface area contributed by atoms with Gasteiger partial charge in [0.25, 0.3) is 0 Å². The minimum Gasteiger partial charge on any atom is -0.317 e. The van der Waals surface area contributed by atoms with Crippen LogP contribution < -0.4 is 0 Å². The second kappa shape index (κ2) is 17.4. The molecule has 0 aromatic heterocycles. The van der Waals surface area contributed by atoms with Gasteiger partial charge in [-0.2, -0.15) is 8.78 Å². The summed E-state index contributed by atoms with van der Waals surface area (Å²) in [6.07, 6.45) is 0.899. The molecule has 4 fully saturated rings. The Kier molecular flexibility index (Phi) is 16.3. The summed E-state index contributed by atoms with van der Waals surface area (Å²) < 4.78 is 93.7. The van der Waals surface area contributed by atoms with Crippen LogP contribution in [0.25, 0.3) is 0 Å². The Balaban J connectivity index is 0.000000294. The third-order valence-corrected chi connectivity index (χ3v) is 9.82. The molecule has 0 aliphatic heterocycles. The Bertz CT molecular complexity index is 695. The minimum atomic E-state index is -4.45. The van der Waals surface area contributed by atoms with Crippen molar-refractivity contribution in [2.75, 3.05) is 0 Å². The zero-order valence-corrected chi connectivity index (χ0v) is 28.4. The summed E-state index contributed by atoms with van der Waals surface area (Å²) in [6, 6.07) is 0. The molecular formula is C34H61F7O2. The van der Waals surface area contributed by atoms with Gasteiger partial charge in [-0.1, -0.05) is 55.4 Å². The predicted molar refractivity (Wildman–Crippen MR) is 160 cm³/mol. The topological polar surface area (TPSA) is 18.5 Å². The first kappa shape index (κ1) is 40.5. The number of hydrogen-bond donors (Lipinski definition) is 0. The largest absolute Gasteiger partial charge is 0.522 e. The fourth-order valence-electron chi connectivity index (χ4n) is 6.03. The van der Waals surface area contributed by atoms with E-state index in [-0.39, 0.29) is 12.0 Å². The zero-order chi connectivity index (χ0) is 33.3. The lowest BCUT2D eigenvalue weighted by Crippen LogP contribution is -2.38. The Morgan fingerprint density at radius 3 is 1.00 bits per heavy atom. The highest BCUT2D eigenvalue weighted by Gasteiger charge is 2.41. The van der Waals surface area contributed by atoms with E-state index in [2.05, 4.69) is 51.0 Å². The van der Waals surface area contributed by atoms with Gasteiger partial charge in [0, 0.05) is 12.8 Å². The minimum absolute atomic E-state index is 0.211. The van der Waals surface area contributed by atoms with E-state index < -0.39 is 24.5 Å². The van der Waals surface area contributed by atoms with E-state index >= 15 is 0 Å². The van der Waals surface area contributed by atoms with E-state index in [1.54, 1.807) is 0 Å². The fourth-order valence-corrected chi connectivity index (χ4v) is 6.03. The number of hydrogen-bond acceptors (Lipinski definition) is 2. The summed E-state index contributed by atoms with van der Waals surface area (Å²) in [6.45, 7) is 19.1. The molecule has 0 heterocycles. The molecule has 9 heteroatoms. The van der Waals surface area contributed by atoms with Crippen LogP contribution in [0, 0.1) is 53.3 Å². The van der Waals surface area contributed by atoms with Crippen LogP contribution in [0.3, 0.4) is 0 Å². The maximum Gasteiger partial charge on any atom is 0.522 e. The highest BCUT2D eigenvalue weighted by atomic mass is 19.4. The molecule has 0 atom stereocenters. The lowest BCUT2D eigenvalue weighted by Gasteiger charge is -2.38. The van der Waals surface area contributed by atoms with Gasteiger partial charge in [0.05, 0.1) is 12.2 Å². The van der Waals surface area contributed by atoms with Crippen LogP contribution in [0.15, 0.2) is 0 Å². The lowest BCUT2D eigenvalue weighted by atomic mass is 9.75. The molecule has 0 bridgehead atoms. The fraction of sp³-hybridized carbons (Fsp3) is 1.00. The third kappa shape index (κ3) is 17.6. The quantitative estimate of drug-likeness (QED) is 0.247. The smallest absolute Gasteiger partial charge is 0.317 e. The van der Waals surface area contributed by atoms with Crippen LogP contribution in [0.5, 0.6) is 0 Å². The molecule has 0 amide bonds. The average Bonchev–Trinajstić information content (AvgIpc) is 3.63. The van der Waals surface area contributed by atoms with Crippen molar-refractivity contribution >= 4 is 0 Å². The standard InChI is InChI=1S/C11H20F2.C9H16F2O.C8H13F3O.C6H12/c1-8(2)9-4-6-10(7-5-9)11(3,12)13;1-6(2)7-4-8(5-7)12-9(3,10)11;1-5(2)6-3-7(4-6)12-8(9,10)11;1-5(2)6-3-4-6/h8-10H,4-7H2,1-3H3;6-8H,4-5H2,1-3H3;5-7H,3-4H2,1-2H3;5-6H,3-4H2,1-2H3. The van der Waals surface area contributed by atoms with Crippen molar-refractivity contribution in [1.82, 2.24) is 0 Å². The molecule has 2 nitrogen and oxygen atoms in total. The van der Waals surface area contributed by atoms with Crippen molar-refractivity contribution in [2.24, 2.45) is 53.3 Å². The number of alkyl halides is 7. The van der Waals surface area contributed by atoms with Gasteiger partial charge in [-0.05, 0) is 118 Å². The van der Waals surface area contributed by atoms with Crippen LogP contribution >= 0.6 is 0 Å². The molecule has 0 aromatic carbocycles. The Morgan fingerprint density at radius 2 is 0.767 bits per heavy atom. The van der Waals surface area contributed by atoms with E-state index in [1.807, 2.05) is 13.8 Å². The third-order valence-electron chi connectivity index (χ3n) is 9.82. The Morgan fingerprint density at radius 1 is 0.465 bits per heavy atom. The molecule has 0 aromatic rings. The summed E-state index contributed by atoms with van der Waals surface area (Å²) in [5.41, 5.74) is 0.